The summed E-state index contributed by atoms with van der Waals surface area (Å²) in [4.78, 5) is 9.12. The zero-order chi connectivity index (χ0) is 16.4. The topological polar surface area (TPSA) is 45.4 Å². The standard InChI is InChI=1S/C17H23FN4O/c1-12(2)16-19-17(23-20-16)13(3)21-8-10-22(11-9-21)15-6-4-14(18)5-7-15/h4-7,12-13H,8-11H2,1-3H3/t13-/m0/s1. The molecule has 1 fully saturated rings. The molecule has 1 saturated heterocycles. The monoisotopic (exact) mass is 318 g/mol. The Bertz CT molecular complexity index is 632. The Balaban J connectivity index is 1.60. The number of nitrogens with zero attached hydrogens (tertiary/aromatic N) is 4. The SMILES string of the molecule is CC(C)c1noc([C@H](C)N2CCN(c3ccc(F)cc3)CC2)n1. The average molecular weight is 318 g/mol. The van der Waals surface area contributed by atoms with E-state index in [0.717, 1.165) is 37.7 Å². The Hall–Kier alpha value is -1.95. The molecule has 0 aliphatic carbocycles. The molecule has 5 nitrogen and oxygen atoms in total. The highest BCUT2D eigenvalue weighted by Gasteiger charge is 2.26. The molecular formula is C17H23FN4O. The quantitative estimate of drug-likeness (QED) is 0.866. The second-order valence-corrected chi connectivity index (χ2v) is 6.32. The van der Waals surface area contributed by atoms with Crippen LogP contribution in [0.15, 0.2) is 28.8 Å². The molecule has 0 N–H and O–H groups in total. The molecule has 6 heteroatoms. The minimum Gasteiger partial charge on any atom is -0.369 e. The first-order valence-corrected chi connectivity index (χ1v) is 8.12. The van der Waals surface area contributed by atoms with Crippen molar-refractivity contribution in [1.82, 2.24) is 15.0 Å². The van der Waals surface area contributed by atoms with Crippen LogP contribution in [-0.2, 0) is 0 Å². The zero-order valence-corrected chi connectivity index (χ0v) is 13.9. The van der Waals surface area contributed by atoms with Crippen molar-refractivity contribution in [3.63, 3.8) is 0 Å². The highest BCUT2D eigenvalue weighted by molar-refractivity contribution is 5.46. The summed E-state index contributed by atoms with van der Waals surface area (Å²) in [5.41, 5.74) is 1.07. The van der Waals surface area contributed by atoms with E-state index in [0.29, 0.717) is 5.89 Å². The Kier molecular flexibility index (Phi) is 4.61. The molecule has 0 spiro atoms. The smallest absolute Gasteiger partial charge is 0.243 e. The molecule has 0 saturated carbocycles. The van der Waals surface area contributed by atoms with E-state index < -0.39 is 0 Å². The highest BCUT2D eigenvalue weighted by atomic mass is 19.1. The molecule has 23 heavy (non-hydrogen) atoms. The fourth-order valence-corrected chi connectivity index (χ4v) is 2.83. The molecule has 1 aromatic heterocycles. The van der Waals surface area contributed by atoms with Crippen LogP contribution in [0.2, 0.25) is 0 Å². The number of hydrogen-bond donors (Lipinski definition) is 0. The van der Waals surface area contributed by atoms with E-state index >= 15 is 0 Å². The number of piperazine rings is 1. The summed E-state index contributed by atoms with van der Waals surface area (Å²) in [5, 5.41) is 4.04. The third kappa shape index (κ3) is 3.52. The second-order valence-electron chi connectivity index (χ2n) is 6.32. The maximum Gasteiger partial charge on any atom is 0.243 e. The first kappa shape index (κ1) is 15.9. The lowest BCUT2D eigenvalue weighted by molar-refractivity contribution is 0.164. The van der Waals surface area contributed by atoms with Gasteiger partial charge in [0.15, 0.2) is 5.82 Å². The van der Waals surface area contributed by atoms with Gasteiger partial charge in [0.1, 0.15) is 5.82 Å². The maximum absolute atomic E-state index is 13.0. The second kappa shape index (κ2) is 6.66. The largest absolute Gasteiger partial charge is 0.369 e. The molecule has 0 amide bonds. The van der Waals surface area contributed by atoms with Gasteiger partial charge in [0.2, 0.25) is 5.89 Å². The third-order valence-corrected chi connectivity index (χ3v) is 4.38. The van der Waals surface area contributed by atoms with Gasteiger partial charge in [0.05, 0.1) is 6.04 Å². The van der Waals surface area contributed by atoms with Gasteiger partial charge in [-0.05, 0) is 31.2 Å². The Labute approximate surface area is 136 Å². The predicted octanol–water partition coefficient (Wildman–Crippen LogP) is 3.22. The van der Waals surface area contributed by atoms with Gasteiger partial charge in [-0.25, -0.2) is 4.39 Å². The van der Waals surface area contributed by atoms with E-state index in [1.165, 1.54) is 12.1 Å². The van der Waals surface area contributed by atoms with Crippen LogP contribution in [0.4, 0.5) is 10.1 Å². The summed E-state index contributed by atoms with van der Waals surface area (Å²) < 4.78 is 18.4. The van der Waals surface area contributed by atoms with Crippen LogP contribution in [0.1, 0.15) is 44.4 Å². The van der Waals surface area contributed by atoms with Crippen LogP contribution in [0, 0.1) is 5.82 Å². The van der Waals surface area contributed by atoms with Gasteiger partial charge in [-0.1, -0.05) is 19.0 Å². The number of aromatic nitrogens is 2. The number of halogens is 1. The van der Waals surface area contributed by atoms with Crippen molar-refractivity contribution < 1.29 is 8.91 Å². The van der Waals surface area contributed by atoms with Gasteiger partial charge in [-0.15, -0.1) is 0 Å². The fraction of sp³-hybridized carbons (Fsp3) is 0.529. The molecular weight excluding hydrogens is 295 g/mol. The van der Waals surface area contributed by atoms with Gasteiger partial charge in [0, 0.05) is 37.8 Å². The molecule has 1 aliphatic rings. The van der Waals surface area contributed by atoms with Gasteiger partial charge in [-0.3, -0.25) is 4.90 Å². The van der Waals surface area contributed by atoms with Gasteiger partial charge in [-0.2, -0.15) is 4.98 Å². The van der Waals surface area contributed by atoms with E-state index in [4.69, 9.17) is 4.52 Å². The summed E-state index contributed by atoms with van der Waals surface area (Å²) in [6.45, 7) is 9.85. The molecule has 0 unspecified atom stereocenters. The summed E-state index contributed by atoms with van der Waals surface area (Å²) in [5.74, 6) is 1.52. The van der Waals surface area contributed by atoms with Crippen LogP contribution >= 0.6 is 0 Å². The van der Waals surface area contributed by atoms with Crippen molar-refractivity contribution in [3.05, 3.63) is 41.8 Å². The molecule has 2 heterocycles. The minimum atomic E-state index is -0.196. The van der Waals surface area contributed by atoms with E-state index in [1.807, 2.05) is 12.1 Å². The molecule has 2 aromatic rings. The van der Waals surface area contributed by atoms with Crippen molar-refractivity contribution in [2.45, 2.75) is 32.7 Å². The fourth-order valence-electron chi connectivity index (χ4n) is 2.83. The van der Waals surface area contributed by atoms with E-state index in [1.54, 1.807) is 0 Å². The Morgan fingerprint density at radius 1 is 1.04 bits per heavy atom. The third-order valence-electron chi connectivity index (χ3n) is 4.38. The lowest BCUT2D eigenvalue weighted by Crippen LogP contribution is -2.47. The van der Waals surface area contributed by atoms with Crippen molar-refractivity contribution in [2.24, 2.45) is 0 Å². The molecule has 1 aliphatic heterocycles. The zero-order valence-electron chi connectivity index (χ0n) is 13.9. The van der Waals surface area contributed by atoms with Gasteiger partial charge in [0.25, 0.3) is 0 Å². The van der Waals surface area contributed by atoms with Gasteiger partial charge >= 0.3 is 0 Å². The van der Waals surface area contributed by atoms with Crippen LogP contribution in [0.3, 0.4) is 0 Å². The minimum absolute atomic E-state index is 0.116. The summed E-state index contributed by atoms with van der Waals surface area (Å²) in [6, 6.07) is 6.81. The van der Waals surface area contributed by atoms with Crippen molar-refractivity contribution >= 4 is 5.69 Å². The van der Waals surface area contributed by atoms with Crippen molar-refractivity contribution in [2.75, 3.05) is 31.1 Å². The summed E-state index contributed by atoms with van der Waals surface area (Å²) in [6.07, 6.45) is 0. The van der Waals surface area contributed by atoms with Crippen LogP contribution in [0.25, 0.3) is 0 Å². The molecule has 0 bridgehead atoms. The molecule has 3 rings (SSSR count). The molecule has 0 radical (unpaired) electrons. The number of rotatable bonds is 4. The van der Waals surface area contributed by atoms with Crippen LogP contribution in [0.5, 0.6) is 0 Å². The first-order chi connectivity index (χ1) is 11.0. The lowest BCUT2D eigenvalue weighted by Gasteiger charge is -2.38. The number of benzene rings is 1. The van der Waals surface area contributed by atoms with Crippen molar-refractivity contribution in [1.29, 1.82) is 0 Å². The molecule has 124 valence electrons. The van der Waals surface area contributed by atoms with Crippen molar-refractivity contribution in [3.8, 4) is 0 Å². The van der Waals surface area contributed by atoms with Gasteiger partial charge < -0.3 is 9.42 Å². The molecule has 1 atom stereocenters. The Morgan fingerprint density at radius 3 is 2.26 bits per heavy atom. The van der Waals surface area contributed by atoms with E-state index in [-0.39, 0.29) is 17.8 Å². The normalized spacial score (nSPS) is 17.7. The number of hydrogen-bond acceptors (Lipinski definition) is 5. The highest BCUT2D eigenvalue weighted by Crippen LogP contribution is 2.24. The summed E-state index contributed by atoms with van der Waals surface area (Å²) >= 11 is 0. The predicted molar refractivity (Wildman–Crippen MR) is 87.0 cm³/mol. The van der Waals surface area contributed by atoms with E-state index in [2.05, 4.69) is 40.7 Å². The number of anilines is 1. The maximum atomic E-state index is 13.0. The van der Waals surface area contributed by atoms with Crippen LogP contribution < -0.4 is 4.90 Å². The van der Waals surface area contributed by atoms with E-state index in [9.17, 15) is 4.39 Å². The average Bonchev–Trinajstić information content (AvgIpc) is 3.05. The Morgan fingerprint density at radius 2 is 1.70 bits per heavy atom. The van der Waals surface area contributed by atoms with Crippen LogP contribution in [-0.4, -0.2) is 41.2 Å². The molecule has 1 aromatic carbocycles. The lowest BCUT2D eigenvalue weighted by atomic mass is 10.2. The first-order valence-electron chi connectivity index (χ1n) is 8.12. The summed E-state index contributed by atoms with van der Waals surface area (Å²) in [7, 11) is 0.